The van der Waals surface area contributed by atoms with Gasteiger partial charge in [0.25, 0.3) is 0 Å². The first-order valence-electron chi connectivity index (χ1n) is 24.8. The molecule has 4 aliphatic rings. The lowest BCUT2D eigenvalue weighted by atomic mass is 9.85. The van der Waals surface area contributed by atoms with Gasteiger partial charge in [-0.2, -0.15) is 5.10 Å². The van der Waals surface area contributed by atoms with E-state index in [1.807, 2.05) is 93.1 Å². The normalized spacial score (nSPS) is 21.1. The van der Waals surface area contributed by atoms with Crippen molar-refractivity contribution in [3.63, 3.8) is 0 Å². The number of hydrogen-bond acceptors (Lipinski definition) is 12. The maximum Gasteiger partial charge on any atom is 0.318 e. The number of β-amino-alcohol motifs (C(OH)–C–C–N with tert-alkyl or cyclic N) is 1. The predicted octanol–water partition coefficient (Wildman–Crippen LogP) is 5.49. The monoisotopic (exact) mass is 952 g/mol. The van der Waals surface area contributed by atoms with Gasteiger partial charge in [0.2, 0.25) is 17.8 Å². The maximum absolute atomic E-state index is 14.3. The Morgan fingerprint density at radius 2 is 1.67 bits per heavy atom. The molecule has 368 valence electrons. The minimum absolute atomic E-state index is 0.00127. The van der Waals surface area contributed by atoms with E-state index >= 15 is 0 Å². The van der Waals surface area contributed by atoms with Crippen LogP contribution in [0.1, 0.15) is 99.8 Å². The van der Waals surface area contributed by atoms with Gasteiger partial charge < -0.3 is 45.4 Å². The van der Waals surface area contributed by atoms with Crippen LogP contribution in [-0.4, -0.2) is 141 Å². The van der Waals surface area contributed by atoms with Gasteiger partial charge in [-0.1, -0.05) is 39.0 Å². The molecule has 0 saturated carbocycles. The number of aryl methyl sites for hydroxylation is 2. The molecule has 70 heavy (non-hydrogen) atoms. The molecular weight excluding hydrogens is 887 g/mol. The summed E-state index contributed by atoms with van der Waals surface area (Å²) in [7, 11) is 1.90. The van der Waals surface area contributed by atoms with Crippen LogP contribution in [0, 0.1) is 12.3 Å². The number of urea groups is 1. The molecule has 0 spiro atoms. The minimum atomic E-state index is -0.900. The van der Waals surface area contributed by atoms with Gasteiger partial charge in [0.05, 0.1) is 29.1 Å². The number of aliphatic hydroxyl groups excluding tert-OH is 1. The summed E-state index contributed by atoms with van der Waals surface area (Å²) in [6.07, 6.45) is 7.77. The number of amides is 4. The number of carbonyl (C=O) groups is 3. The smallest absolute Gasteiger partial charge is 0.318 e. The Hall–Kier alpha value is -6.66. The summed E-state index contributed by atoms with van der Waals surface area (Å²) >= 11 is 0. The third kappa shape index (κ3) is 9.14. The van der Waals surface area contributed by atoms with Crippen molar-refractivity contribution in [1.29, 1.82) is 0 Å². The molecule has 0 unspecified atom stereocenters. The molecule has 3 fully saturated rings. The first-order chi connectivity index (χ1) is 33.6. The van der Waals surface area contributed by atoms with E-state index in [1.165, 1.54) is 4.90 Å². The number of aliphatic hydroxyl groups is 1. The highest BCUT2D eigenvalue weighted by Gasteiger charge is 2.45. The zero-order valence-electron chi connectivity index (χ0n) is 41.0. The van der Waals surface area contributed by atoms with Crippen molar-refractivity contribution in [1.82, 2.24) is 60.3 Å². The largest absolute Gasteiger partial charge is 0.507 e. The van der Waals surface area contributed by atoms with E-state index in [-0.39, 0.29) is 49.1 Å². The van der Waals surface area contributed by atoms with Crippen LogP contribution in [0.15, 0.2) is 60.9 Å². The Morgan fingerprint density at radius 1 is 0.929 bits per heavy atom. The molecule has 4 amide bonds. The summed E-state index contributed by atoms with van der Waals surface area (Å²) < 4.78 is 1.83. The van der Waals surface area contributed by atoms with E-state index in [9.17, 15) is 24.6 Å². The topological polar surface area (TPSA) is 214 Å². The first-order valence-corrected chi connectivity index (χ1v) is 24.8. The number of fused-ring (bicyclic) bond motifs is 4. The average molecular weight is 952 g/mol. The Bertz CT molecular complexity index is 2910. The van der Waals surface area contributed by atoms with Gasteiger partial charge in [-0.3, -0.25) is 14.3 Å². The van der Waals surface area contributed by atoms with Crippen molar-refractivity contribution in [2.24, 2.45) is 12.5 Å². The number of aromatic nitrogens is 7. The van der Waals surface area contributed by atoms with Crippen LogP contribution in [0.5, 0.6) is 5.75 Å². The summed E-state index contributed by atoms with van der Waals surface area (Å²) in [5.41, 5.74) is 7.61. The number of nitrogens with one attached hydrogen (secondary N) is 3. The molecule has 0 radical (unpaired) electrons. The molecule has 6 aromatic rings. The van der Waals surface area contributed by atoms with Crippen LogP contribution >= 0.6 is 0 Å². The highest BCUT2D eigenvalue weighted by atomic mass is 16.3. The Morgan fingerprint density at radius 3 is 2.40 bits per heavy atom. The molecule has 5 N–H and O–H groups in total. The average Bonchev–Trinajstić information content (AvgIpc) is 4.03. The molecule has 2 aromatic carbocycles. The number of likely N-dealkylation sites (tertiary alicyclic amines) is 3. The lowest BCUT2D eigenvalue weighted by Gasteiger charge is -2.42. The minimum Gasteiger partial charge on any atom is -0.507 e. The fourth-order valence-electron chi connectivity index (χ4n) is 11.4. The number of anilines is 1. The second-order valence-corrected chi connectivity index (χ2v) is 20.9. The second kappa shape index (κ2) is 18.9. The Labute approximate surface area is 407 Å². The molecule has 4 aliphatic heterocycles. The molecule has 4 atom stereocenters. The van der Waals surface area contributed by atoms with Crippen molar-refractivity contribution in [3.8, 4) is 17.0 Å². The fourth-order valence-corrected chi connectivity index (χ4v) is 11.4. The number of carbonyl (C=O) groups excluding carboxylic acids is 3. The van der Waals surface area contributed by atoms with Crippen LogP contribution < -0.4 is 15.5 Å². The van der Waals surface area contributed by atoms with Gasteiger partial charge in [0.1, 0.15) is 17.8 Å². The highest BCUT2D eigenvalue weighted by Crippen LogP contribution is 2.39. The van der Waals surface area contributed by atoms with Crippen molar-refractivity contribution < 1.29 is 24.6 Å². The molecule has 18 heteroatoms. The van der Waals surface area contributed by atoms with Gasteiger partial charge in [0, 0.05) is 98.6 Å². The van der Waals surface area contributed by atoms with E-state index in [4.69, 9.17) is 9.97 Å². The van der Waals surface area contributed by atoms with Crippen LogP contribution in [0.3, 0.4) is 0 Å². The van der Waals surface area contributed by atoms with Crippen LogP contribution in [-0.2, 0) is 29.6 Å². The number of piperidine rings is 2. The van der Waals surface area contributed by atoms with Crippen molar-refractivity contribution >= 4 is 45.7 Å². The van der Waals surface area contributed by atoms with Gasteiger partial charge in [0.15, 0.2) is 5.65 Å². The number of phenols is 1. The van der Waals surface area contributed by atoms with Crippen molar-refractivity contribution in [3.05, 3.63) is 89.0 Å². The number of rotatable bonds is 9. The molecule has 10 rings (SSSR count). The number of para-hydroxylation sites is 1. The van der Waals surface area contributed by atoms with E-state index in [0.717, 1.165) is 102 Å². The summed E-state index contributed by atoms with van der Waals surface area (Å²) in [5, 5.41) is 42.6. The lowest BCUT2D eigenvalue weighted by Crippen LogP contribution is -2.60. The van der Waals surface area contributed by atoms with Crippen LogP contribution in [0.25, 0.3) is 33.2 Å². The zero-order valence-corrected chi connectivity index (χ0v) is 41.0. The molecule has 4 aromatic heterocycles. The van der Waals surface area contributed by atoms with Crippen molar-refractivity contribution in [2.75, 3.05) is 44.2 Å². The Kier molecular flexibility index (Phi) is 12.7. The van der Waals surface area contributed by atoms with E-state index in [1.54, 1.807) is 12.1 Å². The van der Waals surface area contributed by atoms with Crippen LogP contribution in [0.4, 0.5) is 10.7 Å². The van der Waals surface area contributed by atoms with Crippen molar-refractivity contribution in [2.45, 2.75) is 116 Å². The molecule has 0 aliphatic carbocycles. The number of phenolic OH excluding ortho intramolecular Hbond substituents is 1. The number of benzene rings is 2. The number of H-pyrrole nitrogens is 1. The predicted molar refractivity (Wildman–Crippen MR) is 266 cm³/mol. The third-order valence-electron chi connectivity index (χ3n) is 15.3. The summed E-state index contributed by atoms with van der Waals surface area (Å²) in [4.78, 5) is 63.2. The number of nitrogens with zero attached hydrogens (tertiary/aromatic N) is 10. The molecule has 8 heterocycles. The molecule has 18 nitrogen and oxygen atoms in total. The van der Waals surface area contributed by atoms with E-state index < -0.39 is 23.6 Å². The molecule has 3 saturated heterocycles. The Balaban J connectivity index is 0.708. The standard InChI is InChI=1S/C52H65N13O5/c1-30-38-23-32(11-12-42(38)61(6)60-30)26-53-48(68)43-24-36(66)29-65(43)49(69)46(52(3,4)5)57-51(70)63-20-15-35(16-21-63)62-18-13-33(14-19-62)34-27-54-50(55-28-34)64-22-17-40-45(31(64)2)39-25-41(58-59-47(39)56-40)37-9-7-8-10-44(37)67/h7-12,23,25,27-28,31,33,35-36,43,46,66-67H,13-22,24,26,29H2,1-6H3,(H,53,68)(H,56,59)(H,57,70)/t31-,36-,43+,46-/m1/s1. The summed E-state index contributed by atoms with van der Waals surface area (Å²) in [6, 6.07) is 13.4. The summed E-state index contributed by atoms with van der Waals surface area (Å²) in [6.45, 7) is 14.0. The highest BCUT2D eigenvalue weighted by molar-refractivity contribution is 5.93. The van der Waals surface area contributed by atoms with E-state index in [2.05, 4.69) is 47.6 Å². The second-order valence-electron chi connectivity index (χ2n) is 20.9. The van der Waals surface area contributed by atoms with E-state index in [0.29, 0.717) is 42.3 Å². The number of hydrogen-bond donors (Lipinski definition) is 5. The molecule has 0 bridgehead atoms. The SMILES string of the molecule is Cc1nn(C)c2ccc(CNC(=O)[C@@H]3C[C@@H](O)CN3C(=O)[C@@H](NC(=O)N3CCC(N4CCC(c5cnc(N6CCc7[nH]c8nnc(-c9ccccc9O)cc8c7[C@H]6C)nc5)CC4)CC3)C(C)(C)C)cc12. The zero-order chi connectivity index (χ0) is 49.0. The quantitative estimate of drug-likeness (QED) is 0.122. The third-order valence-corrected chi connectivity index (χ3v) is 15.3. The fraction of sp³-hybridized carbons (Fsp3) is 0.500. The lowest BCUT2D eigenvalue weighted by molar-refractivity contribution is -0.142. The number of aromatic hydroxyl groups is 1. The molecular formula is C52H65N13O5. The van der Waals surface area contributed by atoms with Crippen LogP contribution in [0.2, 0.25) is 0 Å². The number of aromatic amines is 1. The summed E-state index contributed by atoms with van der Waals surface area (Å²) in [5.74, 6) is 0.528. The van der Waals surface area contributed by atoms with Gasteiger partial charge in [-0.05, 0) is 105 Å². The van der Waals surface area contributed by atoms with Gasteiger partial charge >= 0.3 is 6.03 Å². The van der Waals surface area contributed by atoms with Gasteiger partial charge in [-0.25, -0.2) is 14.8 Å². The first kappa shape index (κ1) is 47.0. The van der Waals surface area contributed by atoms with Gasteiger partial charge in [-0.15, -0.1) is 10.2 Å². The maximum atomic E-state index is 14.3.